The van der Waals surface area contributed by atoms with Gasteiger partial charge in [-0.2, -0.15) is 0 Å². The Morgan fingerprint density at radius 1 is 1.50 bits per heavy atom. The summed E-state index contributed by atoms with van der Waals surface area (Å²) < 4.78 is 16.6. The van der Waals surface area contributed by atoms with E-state index in [0.717, 1.165) is 6.42 Å². The summed E-state index contributed by atoms with van der Waals surface area (Å²) in [5, 5.41) is 3.46. The van der Waals surface area contributed by atoms with Crippen LogP contribution in [0.4, 0.5) is 0 Å². The average Bonchev–Trinajstić information content (AvgIpc) is 2.53. The fourth-order valence-corrected chi connectivity index (χ4v) is 1.83. The van der Waals surface area contributed by atoms with Crippen LogP contribution in [0.5, 0.6) is 0 Å². The predicted molar refractivity (Wildman–Crippen MR) is 47.3 cm³/mol. The van der Waals surface area contributed by atoms with E-state index in [1.165, 1.54) is 0 Å². The van der Waals surface area contributed by atoms with Crippen LogP contribution in [0.15, 0.2) is 5.11 Å². The van der Waals surface area contributed by atoms with E-state index in [9.17, 15) is 0 Å². The van der Waals surface area contributed by atoms with Gasteiger partial charge in [-0.15, -0.1) is 0 Å². The number of fused-ring (bicyclic) bond motifs is 1. The summed E-state index contributed by atoms with van der Waals surface area (Å²) in [6.07, 6.45) is 0.331. The Morgan fingerprint density at radius 3 is 2.93 bits per heavy atom. The minimum absolute atomic E-state index is 0.0242. The molecule has 14 heavy (non-hydrogen) atoms. The van der Waals surface area contributed by atoms with Crippen LogP contribution in [-0.4, -0.2) is 30.8 Å². The van der Waals surface area contributed by atoms with Gasteiger partial charge in [0.15, 0.2) is 12.1 Å². The molecule has 3 atom stereocenters. The van der Waals surface area contributed by atoms with Crippen molar-refractivity contribution in [3.63, 3.8) is 0 Å². The second kappa shape index (κ2) is 3.40. The van der Waals surface area contributed by atoms with Crippen molar-refractivity contribution in [2.75, 3.05) is 6.54 Å². The van der Waals surface area contributed by atoms with Crippen LogP contribution in [0.25, 0.3) is 10.4 Å². The highest BCUT2D eigenvalue weighted by atomic mass is 16.8. The minimum atomic E-state index is -0.557. The van der Waals surface area contributed by atoms with Gasteiger partial charge in [0.1, 0.15) is 6.10 Å². The topological polar surface area (TPSA) is 76.5 Å². The van der Waals surface area contributed by atoms with Gasteiger partial charge >= 0.3 is 0 Å². The number of hydrogen-bond donors (Lipinski definition) is 0. The lowest BCUT2D eigenvalue weighted by Gasteiger charge is -2.19. The van der Waals surface area contributed by atoms with Crippen molar-refractivity contribution in [1.82, 2.24) is 0 Å². The zero-order valence-corrected chi connectivity index (χ0v) is 8.21. The van der Waals surface area contributed by atoms with E-state index in [1.807, 2.05) is 13.8 Å². The lowest BCUT2D eigenvalue weighted by Crippen LogP contribution is -2.25. The summed E-state index contributed by atoms with van der Waals surface area (Å²) in [5.74, 6) is -0.557. The van der Waals surface area contributed by atoms with Gasteiger partial charge in [0.2, 0.25) is 0 Å². The highest BCUT2D eigenvalue weighted by molar-refractivity contribution is 4.85. The van der Waals surface area contributed by atoms with Gasteiger partial charge in [-0.3, -0.25) is 0 Å². The molecule has 2 saturated heterocycles. The lowest BCUT2D eigenvalue weighted by molar-refractivity contribution is -0.203. The number of hydrogen-bond acceptors (Lipinski definition) is 4. The van der Waals surface area contributed by atoms with Gasteiger partial charge in [0, 0.05) is 11.3 Å². The minimum Gasteiger partial charge on any atom is -0.346 e. The summed E-state index contributed by atoms with van der Waals surface area (Å²) in [7, 11) is 0. The zero-order valence-electron chi connectivity index (χ0n) is 8.21. The molecule has 0 radical (unpaired) electrons. The molecule has 0 spiro atoms. The predicted octanol–water partition coefficient (Wildman–Crippen LogP) is 1.56. The third-order valence-corrected chi connectivity index (χ3v) is 2.31. The van der Waals surface area contributed by atoms with Crippen molar-refractivity contribution >= 4 is 0 Å². The molecule has 78 valence electrons. The normalized spacial score (nSPS) is 39.1. The highest BCUT2D eigenvalue weighted by Gasteiger charge is 2.48. The van der Waals surface area contributed by atoms with E-state index >= 15 is 0 Å². The largest absolute Gasteiger partial charge is 0.346 e. The van der Waals surface area contributed by atoms with Gasteiger partial charge in [0.25, 0.3) is 0 Å². The molecular formula is C8H13N3O3. The highest BCUT2D eigenvalue weighted by Crippen LogP contribution is 2.36. The third-order valence-electron chi connectivity index (χ3n) is 2.31. The number of nitrogens with zero attached hydrogens (tertiary/aromatic N) is 3. The summed E-state index contributed by atoms with van der Waals surface area (Å²) in [6, 6.07) is 0. The maximum atomic E-state index is 8.15. The summed E-state index contributed by atoms with van der Waals surface area (Å²) in [5.41, 5.74) is 8.15. The molecule has 0 aromatic rings. The Kier molecular flexibility index (Phi) is 2.36. The second-order valence-electron chi connectivity index (χ2n) is 3.95. The van der Waals surface area contributed by atoms with Crippen LogP contribution in [0.1, 0.15) is 20.3 Å². The van der Waals surface area contributed by atoms with Crippen molar-refractivity contribution in [3.05, 3.63) is 10.4 Å². The van der Waals surface area contributed by atoms with Gasteiger partial charge in [-0.25, -0.2) is 0 Å². The molecule has 2 aliphatic heterocycles. The Bertz CT molecular complexity index is 259. The van der Waals surface area contributed by atoms with Crippen LogP contribution >= 0.6 is 0 Å². The molecule has 0 amide bonds. The van der Waals surface area contributed by atoms with E-state index in [-0.39, 0.29) is 18.5 Å². The first-order chi connectivity index (χ1) is 6.61. The first-order valence-electron chi connectivity index (χ1n) is 4.63. The van der Waals surface area contributed by atoms with E-state index in [1.54, 1.807) is 0 Å². The van der Waals surface area contributed by atoms with Crippen LogP contribution in [-0.2, 0) is 14.2 Å². The van der Waals surface area contributed by atoms with E-state index < -0.39 is 5.79 Å². The zero-order chi connectivity index (χ0) is 10.2. The second-order valence-corrected chi connectivity index (χ2v) is 3.95. The van der Waals surface area contributed by atoms with Crippen LogP contribution < -0.4 is 0 Å². The fraction of sp³-hybridized carbons (Fsp3) is 1.00. The molecule has 2 rings (SSSR count). The van der Waals surface area contributed by atoms with E-state index in [2.05, 4.69) is 10.0 Å². The van der Waals surface area contributed by atoms with Crippen molar-refractivity contribution < 1.29 is 14.2 Å². The molecule has 2 heterocycles. The first-order valence-corrected chi connectivity index (χ1v) is 4.63. The molecule has 0 aliphatic carbocycles. The molecular weight excluding hydrogens is 186 g/mol. The van der Waals surface area contributed by atoms with Crippen molar-refractivity contribution in [1.29, 1.82) is 0 Å². The van der Waals surface area contributed by atoms with E-state index in [0.29, 0.717) is 6.54 Å². The molecule has 0 bridgehead atoms. The molecule has 6 heteroatoms. The van der Waals surface area contributed by atoms with Crippen molar-refractivity contribution in [2.24, 2.45) is 5.11 Å². The molecule has 0 saturated carbocycles. The van der Waals surface area contributed by atoms with Crippen molar-refractivity contribution in [3.8, 4) is 0 Å². The SMILES string of the molecule is CC1(C)OC2CC(CN=[N+]=[N-])OC2O1. The quantitative estimate of drug-likeness (QED) is 0.384. The monoisotopic (exact) mass is 199 g/mol. The fourth-order valence-electron chi connectivity index (χ4n) is 1.83. The molecule has 0 aromatic heterocycles. The van der Waals surface area contributed by atoms with E-state index in [4.69, 9.17) is 19.7 Å². The van der Waals surface area contributed by atoms with Gasteiger partial charge in [-0.1, -0.05) is 5.11 Å². The summed E-state index contributed by atoms with van der Waals surface area (Å²) in [6.45, 7) is 4.06. The van der Waals surface area contributed by atoms with Crippen molar-refractivity contribution in [2.45, 2.75) is 44.6 Å². The third kappa shape index (κ3) is 1.83. The Labute approximate surface area is 81.8 Å². The van der Waals surface area contributed by atoms with Crippen LogP contribution in [0.3, 0.4) is 0 Å². The standard InChI is InChI=1S/C8H13N3O3/c1-8(2)13-6-3-5(4-10-11-9)12-7(6)14-8/h5-7H,3-4H2,1-2H3. The smallest absolute Gasteiger partial charge is 0.187 e. The van der Waals surface area contributed by atoms with Gasteiger partial charge < -0.3 is 14.2 Å². The van der Waals surface area contributed by atoms with Crippen LogP contribution in [0, 0.1) is 0 Å². The maximum Gasteiger partial charge on any atom is 0.187 e. The molecule has 3 unspecified atom stereocenters. The maximum absolute atomic E-state index is 8.15. The van der Waals surface area contributed by atoms with Gasteiger partial charge in [-0.05, 0) is 19.4 Å². The Balaban J connectivity index is 1.90. The Hall–Kier alpha value is -0.810. The lowest BCUT2D eigenvalue weighted by atomic mass is 10.2. The molecule has 6 nitrogen and oxygen atoms in total. The van der Waals surface area contributed by atoms with Crippen LogP contribution in [0.2, 0.25) is 0 Å². The number of azide groups is 1. The molecule has 2 aliphatic rings. The molecule has 0 aromatic carbocycles. The first kappa shape index (κ1) is 9.73. The molecule has 2 fully saturated rings. The van der Waals surface area contributed by atoms with Gasteiger partial charge in [0.05, 0.1) is 12.6 Å². The average molecular weight is 199 g/mol. The summed E-state index contributed by atoms with van der Waals surface area (Å²) >= 11 is 0. The number of rotatable bonds is 2. The molecule has 0 N–H and O–H groups in total. The Morgan fingerprint density at radius 2 is 2.29 bits per heavy atom. The summed E-state index contributed by atoms with van der Waals surface area (Å²) in [4.78, 5) is 2.69. The number of ether oxygens (including phenoxy) is 3.